The summed E-state index contributed by atoms with van der Waals surface area (Å²) < 4.78 is 10.9. The first kappa shape index (κ1) is 12.5. The first-order valence-electron chi connectivity index (χ1n) is 6.52. The number of nitrogen functional groups attached to an aromatic ring is 1. The van der Waals surface area contributed by atoms with E-state index in [1.807, 2.05) is 42.5 Å². The number of fused-ring (bicyclic) bond motifs is 1. The van der Waals surface area contributed by atoms with Gasteiger partial charge in [-0.15, -0.1) is 0 Å². The molecule has 0 unspecified atom stereocenters. The molecule has 102 valence electrons. The van der Waals surface area contributed by atoms with Gasteiger partial charge in [-0.05, 0) is 36.2 Å². The summed E-state index contributed by atoms with van der Waals surface area (Å²) in [6.07, 6.45) is 1.64. The van der Waals surface area contributed by atoms with E-state index in [9.17, 15) is 0 Å². The summed E-state index contributed by atoms with van der Waals surface area (Å²) in [6, 6.07) is 13.5. The highest BCUT2D eigenvalue weighted by Crippen LogP contribution is 2.22. The summed E-state index contributed by atoms with van der Waals surface area (Å²) in [5.41, 5.74) is 9.29. The molecule has 0 amide bonds. The van der Waals surface area contributed by atoms with Crippen molar-refractivity contribution in [3.63, 3.8) is 0 Å². The number of nitrogens with zero attached hydrogens (tertiary/aromatic N) is 1. The number of hydrogen-bond acceptors (Lipinski definition) is 4. The average Bonchev–Trinajstić information content (AvgIpc) is 2.88. The number of nitrogens with two attached hydrogens (primary N) is 1. The predicted molar refractivity (Wildman–Crippen MR) is 78.8 cm³/mol. The fourth-order valence-corrected chi connectivity index (χ4v) is 2.12. The highest BCUT2D eigenvalue weighted by Gasteiger charge is 2.07. The van der Waals surface area contributed by atoms with E-state index in [1.165, 1.54) is 5.56 Å². The van der Waals surface area contributed by atoms with E-state index < -0.39 is 0 Å². The minimum Gasteiger partial charge on any atom is -0.497 e. The van der Waals surface area contributed by atoms with Crippen molar-refractivity contribution in [3.05, 3.63) is 53.9 Å². The third kappa shape index (κ3) is 2.59. The summed E-state index contributed by atoms with van der Waals surface area (Å²) in [5.74, 6) is 1.53. The van der Waals surface area contributed by atoms with Crippen LogP contribution in [-0.2, 0) is 12.8 Å². The van der Waals surface area contributed by atoms with Crippen LogP contribution in [0.1, 0.15) is 11.5 Å². The van der Waals surface area contributed by atoms with Crippen LogP contribution in [0.25, 0.3) is 11.1 Å². The standard InChI is InChI=1S/C16H16N2O2/c1-19-13-7-8-15-14(10-13)18-16(20-15)9-4-11-2-5-12(17)6-3-11/h2-3,5-8,10H,4,9,17H2,1H3. The highest BCUT2D eigenvalue weighted by atomic mass is 16.5. The largest absolute Gasteiger partial charge is 0.497 e. The van der Waals surface area contributed by atoms with E-state index >= 15 is 0 Å². The number of aryl methyl sites for hydroxylation is 2. The molecule has 4 heteroatoms. The third-order valence-corrected chi connectivity index (χ3v) is 3.25. The quantitative estimate of drug-likeness (QED) is 0.738. The Hall–Kier alpha value is -2.49. The van der Waals surface area contributed by atoms with E-state index in [1.54, 1.807) is 7.11 Å². The van der Waals surface area contributed by atoms with Crippen molar-refractivity contribution < 1.29 is 9.15 Å². The molecule has 2 aromatic carbocycles. The second-order valence-corrected chi connectivity index (χ2v) is 4.68. The van der Waals surface area contributed by atoms with Crippen molar-refractivity contribution >= 4 is 16.8 Å². The van der Waals surface area contributed by atoms with Crippen LogP contribution in [0.2, 0.25) is 0 Å². The fraction of sp³-hybridized carbons (Fsp3) is 0.188. The number of methoxy groups -OCH3 is 1. The lowest BCUT2D eigenvalue weighted by atomic mass is 10.1. The number of oxazole rings is 1. The van der Waals surface area contributed by atoms with Gasteiger partial charge in [-0.25, -0.2) is 4.98 Å². The van der Waals surface area contributed by atoms with Gasteiger partial charge in [0.1, 0.15) is 11.3 Å². The molecule has 3 rings (SSSR count). The molecule has 0 atom stereocenters. The smallest absolute Gasteiger partial charge is 0.195 e. The topological polar surface area (TPSA) is 61.3 Å². The molecule has 0 fully saturated rings. The molecule has 0 aliphatic rings. The van der Waals surface area contributed by atoms with Gasteiger partial charge in [0.15, 0.2) is 11.5 Å². The fourth-order valence-electron chi connectivity index (χ4n) is 2.12. The van der Waals surface area contributed by atoms with E-state index in [-0.39, 0.29) is 0 Å². The van der Waals surface area contributed by atoms with Crippen LogP contribution in [0.15, 0.2) is 46.9 Å². The lowest BCUT2D eigenvalue weighted by molar-refractivity contribution is 0.415. The van der Waals surface area contributed by atoms with Crippen LogP contribution in [0.5, 0.6) is 5.75 Å². The monoisotopic (exact) mass is 268 g/mol. The molecule has 1 aromatic heterocycles. The van der Waals surface area contributed by atoms with Gasteiger partial charge in [-0.1, -0.05) is 12.1 Å². The molecule has 0 radical (unpaired) electrons. The van der Waals surface area contributed by atoms with Crippen molar-refractivity contribution in [2.24, 2.45) is 0 Å². The predicted octanol–water partition coefficient (Wildman–Crippen LogP) is 3.20. The zero-order valence-electron chi connectivity index (χ0n) is 11.3. The Morgan fingerprint density at radius 3 is 2.65 bits per heavy atom. The van der Waals surface area contributed by atoms with Gasteiger partial charge in [0.2, 0.25) is 0 Å². The van der Waals surface area contributed by atoms with Gasteiger partial charge in [0, 0.05) is 18.2 Å². The van der Waals surface area contributed by atoms with Crippen LogP contribution < -0.4 is 10.5 Å². The molecule has 0 aliphatic heterocycles. The molecule has 3 aromatic rings. The van der Waals surface area contributed by atoms with Crippen molar-refractivity contribution in [2.45, 2.75) is 12.8 Å². The number of anilines is 1. The lowest BCUT2D eigenvalue weighted by Crippen LogP contribution is -1.92. The molecule has 0 saturated carbocycles. The Morgan fingerprint density at radius 2 is 1.90 bits per heavy atom. The maximum atomic E-state index is 5.72. The van der Waals surface area contributed by atoms with Crippen LogP contribution in [0.3, 0.4) is 0 Å². The Balaban J connectivity index is 1.75. The molecule has 0 aliphatic carbocycles. The van der Waals surface area contributed by atoms with Gasteiger partial charge in [-0.3, -0.25) is 0 Å². The summed E-state index contributed by atoms with van der Waals surface area (Å²) in [7, 11) is 1.64. The van der Waals surface area contributed by atoms with E-state index in [0.29, 0.717) is 0 Å². The molecule has 4 nitrogen and oxygen atoms in total. The zero-order valence-corrected chi connectivity index (χ0v) is 11.3. The SMILES string of the molecule is COc1ccc2oc(CCc3ccc(N)cc3)nc2c1. The van der Waals surface area contributed by atoms with Crippen LogP contribution in [0, 0.1) is 0 Å². The molecule has 0 spiro atoms. The molecular weight excluding hydrogens is 252 g/mol. The Kier molecular flexibility index (Phi) is 3.29. The lowest BCUT2D eigenvalue weighted by Gasteiger charge is -1.99. The maximum Gasteiger partial charge on any atom is 0.195 e. The van der Waals surface area contributed by atoms with Gasteiger partial charge in [-0.2, -0.15) is 0 Å². The number of benzene rings is 2. The minimum absolute atomic E-state index is 0.741. The van der Waals surface area contributed by atoms with Gasteiger partial charge < -0.3 is 14.9 Å². The average molecular weight is 268 g/mol. The maximum absolute atomic E-state index is 5.72. The zero-order chi connectivity index (χ0) is 13.9. The number of rotatable bonds is 4. The Morgan fingerprint density at radius 1 is 1.10 bits per heavy atom. The first-order chi connectivity index (χ1) is 9.74. The second kappa shape index (κ2) is 5.25. The van der Waals surface area contributed by atoms with Crippen LogP contribution >= 0.6 is 0 Å². The molecule has 20 heavy (non-hydrogen) atoms. The summed E-state index contributed by atoms with van der Waals surface area (Å²) in [6.45, 7) is 0. The highest BCUT2D eigenvalue weighted by molar-refractivity contribution is 5.74. The minimum atomic E-state index is 0.741. The first-order valence-corrected chi connectivity index (χ1v) is 6.52. The summed E-state index contributed by atoms with van der Waals surface area (Å²) in [4.78, 5) is 4.48. The Bertz CT molecular complexity index is 717. The molecular formula is C16H16N2O2. The molecule has 1 heterocycles. The normalized spacial score (nSPS) is 10.8. The van der Waals surface area contributed by atoms with Crippen molar-refractivity contribution in [1.82, 2.24) is 4.98 Å². The summed E-state index contributed by atoms with van der Waals surface area (Å²) in [5, 5.41) is 0. The van der Waals surface area contributed by atoms with Gasteiger partial charge in [0.25, 0.3) is 0 Å². The second-order valence-electron chi connectivity index (χ2n) is 4.68. The van der Waals surface area contributed by atoms with Crippen molar-refractivity contribution in [1.29, 1.82) is 0 Å². The molecule has 0 saturated heterocycles. The Labute approximate surface area is 117 Å². The van der Waals surface area contributed by atoms with E-state index in [4.69, 9.17) is 14.9 Å². The summed E-state index contributed by atoms with van der Waals surface area (Å²) >= 11 is 0. The van der Waals surface area contributed by atoms with Crippen molar-refractivity contribution in [2.75, 3.05) is 12.8 Å². The van der Waals surface area contributed by atoms with E-state index in [2.05, 4.69) is 4.98 Å². The van der Waals surface area contributed by atoms with Crippen molar-refractivity contribution in [3.8, 4) is 5.75 Å². The number of aromatic nitrogens is 1. The molecule has 2 N–H and O–H groups in total. The number of ether oxygens (including phenoxy) is 1. The van der Waals surface area contributed by atoms with Crippen LogP contribution in [-0.4, -0.2) is 12.1 Å². The third-order valence-electron chi connectivity index (χ3n) is 3.25. The number of hydrogen-bond donors (Lipinski definition) is 1. The van der Waals surface area contributed by atoms with E-state index in [0.717, 1.165) is 41.3 Å². The molecule has 0 bridgehead atoms. The van der Waals surface area contributed by atoms with Gasteiger partial charge >= 0.3 is 0 Å². The van der Waals surface area contributed by atoms with Gasteiger partial charge in [0.05, 0.1) is 7.11 Å². The van der Waals surface area contributed by atoms with Crippen LogP contribution in [0.4, 0.5) is 5.69 Å².